The fourth-order valence-electron chi connectivity index (χ4n) is 1.95. The maximum Gasteiger partial charge on any atom is 0.260 e. The minimum Gasteiger partial charge on any atom is -0.298 e. The Kier molecular flexibility index (Phi) is 3.21. The fraction of sp³-hybridized carbons (Fsp3) is 0. The first-order valence-electron chi connectivity index (χ1n) is 6.13. The summed E-state index contributed by atoms with van der Waals surface area (Å²) in [6.45, 7) is 0. The van der Waals surface area contributed by atoms with Crippen LogP contribution in [0.1, 0.15) is 10.4 Å². The molecule has 0 bridgehead atoms. The summed E-state index contributed by atoms with van der Waals surface area (Å²) in [5, 5.41) is 5.12. The molecule has 4 aromatic heterocycles. The van der Waals surface area contributed by atoms with E-state index in [2.05, 4.69) is 25.3 Å². The van der Waals surface area contributed by atoms with Gasteiger partial charge in [0.15, 0.2) is 10.8 Å². The lowest BCUT2D eigenvalue weighted by atomic mass is 10.3. The molecule has 4 heterocycles. The molecule has 108 valence electrons. The topological polar surface area (TPSA) is 80.7 Å². The van der Waals surface area contributed by atoms with Gasteiger partial charge in [-0.25, -0.2) is 15.0 Å². The maximum atomic E-state index is 12.4. The number of fused-ring (bicyclic) bond motifs is 2. The van der Waals surface area contributed by atoms with Crippen molar-refractivity contribution >= 4 is 65.9 Å². The highest BCUT2D eigenvalue weighted by molar-refractivity contribution is 7.22. The number of carbonyl (C=O) groups is 1. The number of halogens is 1. The van der Waals surface area contributed by atoms with E-state index in [1.165, 1.54) is 22.7 Å². The highest BCUT2D eigenvalue weighted by Crippen LogP contribution is 2.27. The number of hydrogen-bond donors (Lipinski definition) is 1. The van der Waals surface area contributed by atoms with Crippen molar-refractivity contribution < 1.29 is 4.79 Å². The molecule has 0 saturated carbocycles. The SMILES string of the molecule is O=C(Nc1nc2ncccc2s1)c1csc2cnc(Cl)nc12. The minimum absolute atomic E-state index is 0.115. The van der Waals surface area contributed by atoms with Gasteiger partial charge in [0.05, 0.1) is 20.5 Å². The van der Waals surface area contributed by atoms with Gasteiger partial charge in [0, 0.05) is 17.8 Å². The average molecular weight is 348 g/mol. The van der Waals surface area contributed by atoms with E-state index in [0.29, 0.717) is 21.9 Å². The molecular formula is C13H6ClN5OS2. The number of rotatable bonds is 2. The predicted octanol–water partition coefficient (Wildman–Crippen LogP) is 3.60. The van der Waals surface area contributed by atoms with Gasteiger partial charge in [0.2, 0.25) is 5.28 Å². The number of nitrogens with one attached hydrogen (secondary N) is 1. The lowest BCUT2D eigenvalue weighted by molar-refractivity contribution is 0.102. The van der Waals surface area contributed by atoms with Crippen molar-refractivity contribution in [1.29, 1.82) is 0 Å². The van der Waals surface area contributed by atoms with Gasteiger partial charge < -0.3 is 0 Å². The Morgan fingerprint density at radius 2 is 2.14 bits per heavy atom. The molecule has 1 amide bonds. The first-order chi connectivity index (χ1) is 10.7. The van der Waals surface area contributed by atoms with E-state index < -0.39 is 0 Å². The smallest absolute Gasteiger partial charge is 0.260 e. The number of pyridine rings is 1. The summed E-state index contributed by atoms with van der Waals surface area (Å²) in [5.41, 5.74) is 1.61. The van der Waals surface area contributed by atoms with Gasteiger partial charge >= 0.3 is 0 Å². The molecule has 0 atom stereocenters. The van der Waals surface area contributed by atoms with Gasteiger partial charge in [0.1, 0.15) is 0 Å². The zero-order valence-corrected chi connectivity index (χ0v) is 13.2. The van der Waals surface area contributed by atoms with E-state index in [4.69, 9.17) is 11.6 Å². The molecule has 0 aliphatic carbocycles. The standard InChI is InChI=1S/C13H6ClN5OS2/c14-12-16-4-8-9(17-12)6(5-21-8)11(20)19-13-18-10-7(22-13)2-1-3-15-10/h1-5H,(H,15,18,19,20). The van der Waals surface area contributed by atoms with Crippen molar-refractivity contribution in [2.24, 2.45) is 0 Å². The molecular weight excluding hydrogens is 342 g/mol. The first-order valence-corrected chi connectivity index (χ1v) is 8.21. The van der Waals surface area contributed by atoms with Crippen LogP contribution in [0.2, 0.25) is 5.28 Å². The van der Waals surface area contributed by atoms with Crippen LogP contribution < -0.4 is 5.32 Å². The Morgan fingerprint density at radius 1 is 1.23 bits per heavy atom. The Bertz CT molecular complexity index is 979. The van der Waals surface area contributed by atoms with Gasteiger partial charge in [-0.2, -0.15) is 4.98 Å². The van der Waals surface area contributed by atoms with Gasteiger partial charge in [-0.05, 0) is 23.7 Å². The van der Waals surface area contributed by atoms with Crippen LogP contribution in [0.3, 0.4) is 0 Å². The number of anilines is 1. The number of aromatic nitrogens is 4. The highest BCUT2D eigenvalue weighted by Gasteiger charge is 2.16. The van der Waals surface area contributed by atoms with Crippen LogP contribution in [0, 0.1) is 0 Å². The molecule has 0 fully saturated rings. The largest absolute Gasteiger partial charge is 0.298 e. The van der Waals surface area contributed by atoms with Crippen molar-refractivity contribution in [2.45, 2.75) is 0 Å². The number of thiophene rings is 1. The summed E-state index contributed by atoms with van der Waals surface area (Å²) in [6.07, 6.45) is 3.27. The van der Waals surface area contributed by atoms with E-state index in [1.807, 2.05) is 12.1 Å². The van der Waals surface area contributed by atoms with Crippen LogP contribution in [0.5, 0.6) is 0 Å². The number of thiazole rings is 1. The third-order valence-electron chi connectivity index (χ3n) is 2.91. The van der Waals surface area contributed by atoms with Crippen molar-refractivity contribution in [2.75, 3.05) is 5.32 Å². The Hall–Kier alpha value is -2.16. The number of amides is 1. The molecule has 4 rings (SSSR count). The minimum atomic E-state index is -0.278. The fourth-order valence-corrected chi connectivity index (χ4v) is 3.75. The van der Waals surface area contributed by atoms with E-state index in [-0.39, 0.29) is 11.2 Å². The predicted molar refractivity (Wildman–Crippen MR) is 87.8 cm³/mol. The lowest BCUT2D eigenvalue weighted by Gasteiger charge is -1.99. The molecule has 22 heavy (non-hydrogen) atoms. The normalized spacial score (nSPS) is 11.1. The van der Waals surface area contributed by atoms with Crippen LogP contribution in [0.25, 0.3) is 20.6 Å². The van der Waals surface area contributed by atoms with E-state index in [0.717, 1.165) is 9.40 Å². The molecule has 0 aliphatic heterocycles. The quantitative estimate of drug-likeness (QED) is 0.560. The summed E-state index contributed by atoms with van der Waals surface area (Å²) in [4.78, 5) is 28.9. The molecule has 0 unspecified atom stereocenters. The monoisotopic (exact) mass is 347 g/mol. The maximum absolute atomic E-state index is 12.4. The Labute approximate surface area is 136 Å². The molecule has 1 N–H and O–H groups in total. The van der Waals surface area contributed by atoms with E-state index in [1.54, 1.807) is 17.8 Å². The van der Waals surface area contributed by atoms with E-state index in [9.17, 15) is 4.79 Å². The van der Waals surface area contributed by atoms with Gasteiger partial charge in [0.25, 0.3) is 5.91 Å². The van der Waals surface area contributed by atoms with Crippen molar-refractivity contribution in [3.05, 3.63) is 40.8 Å². The van der Waals surface area contributed by atoms with Crippen LogP contribution in [-0.2, 0) is 0 Å². The Morgan fingerprint density at radius 3 is 3.00 bits per heavy atom. The number of hydrogen-bond acceptors (Lipinski definition) is 7. The molecule has 0 aliphatic rings. The Balaban J connectivity index is 1.69. The second-order valence-electron chi connectivity index (χ2n) is 4.30. The molecule has 0 aromatic carbocycles. The summed E-state index contributed by atoms with van der Waals surface area (Å²) in [5.74, 6) is -0.278. The zero-order valence-electron chi connectivity index (χ0n) is 10.8. The summed E-state index contributed by atoms with van der Waals surface area (Å²) >= 11 is 8.56. The van der Waals surface area contributed by atoms with Crippen LogP contribution in [0.4, 0.5) is 5.13 Å². The molecule has 9 heteroatoms. The summed E-state index contributed by atoms with van der Waals surface area (Å²) < 4.78 is 1.72. The van der Waals surface area contributed by atoms with Gasteiger partial charge in [-0.1, -0.05) is 11.3 Å². The summed E-state index contributed by atoms with van der Waals surface area (Å²) in [6, 6.07) is 3.74. The van der Waals surface area contributed by atoms with Crippen LogP contribution in [0.15, 0.2) is 29.9 Å². The van der Waals surface area contributed by atoms with Crippen molar-refractivity contribution in [1.82, 2.24) is 19.9 Å². The lowest BCUT2D eigenvalue weighted by Crippen LogP contribution is -2.11. The van der Waals surface area contributed by atoms with Crippen molar-refractivity contribution in [3.63, 3.8) is 0 Å². The molecule has 6 nitrogen and oxygen atoms in total. The molecule has 0 saturated heterocycles. The summed E-state index contributed by atoms with van der Waals surface area (Å²) in [7, 11) is 0. The average Bonchev–Trinajstić information content (AvgIpc) is 3.09. The first kappa shape index (κ1) is 13.5. The third-order valence-corrected chi connectivity index (χ3v) is 4.93. The molecule has 0 radical (unpaired) electrons. The van der Waals surface area contributed by atoms with Gasteiger partial charge in [-0.15, -0.1) is 11.3 Å². The third kappa shape index (κ3) is 2.31. The van der Waals surface area contributed by atoms with Gasteiger partial charge in [-0.3, -0.25) is 10.1 Å². The second-order valence-corrected chi connectivity index (χ2v) is 6.58. The highest BCUT2D eigenvalue weighted by atomic mass is 35.5. The van der Waals surface area contributed by atoms with Crippen LogP contribution in [-0.4, -0.2) is 25.8 Å². The number of carbonyl (C=O) groups excluding carboxylic acids is 1. The molecule has 4 aromatic rings. The van der Waals surface area contributed by atoms with Crippen molar-refractivity contribution in [3.8, 4) is 0 Å². The van der Waals surface area contributed by atoms with Crippen LogP contribution >= 0.6 is 34.3 Å². The number of nitrogens with zero attached hydrogens (tertiary/aromatic N) is 4. The molecule has 0 spiro atoms. The zero-order chi connectivity index (χ0) is 15.1. The van der Waals surface area contributed by atoms with E-state index >= 15 is 0 Å². The second kappa shape index (κ2) is 5.24.